The molecule has 0 N–H and O–H groups in total. The Labute approximate surface area is 358 Å². The van der Waals surface area contributed by atoms with Gasteiger partial charge in [0, 0.05) is 33.4 Å². The summed E-state index contributed by atoms with van der Waals surface area (Å²) in [5.41, 5.74) is 21.9. The van der Waals surface area contributed by atoms with Crippen LogP contribution in [0.5, 0.6) is 0 Å². The number of hydrogen-bond acceptors (Lipinski definition) is 0. The van der Waals surface area contributed by atoms with E-state index in [-0.39, 0.29) is 0 Å². The Morgan fingerprint density at radius 1 is 0.311 bits per heavy atom. The van der Waals surface area contributed by atoms with Gasteiger partial charge in [0.15, 0.2) is 0 Å². The zero-order chi connectivity index (χ0) is 41.0. The fourth-order valence-electron chi connectivity index (χ4n) is 11.7. The summed E-state index contributed by atoms with van der Waals surface area (Å²) >= 11 is 0. The number of nitrogens with zero attached hydrogens (tertiary/aromatic N) is 1. The molecular weight excluding hydrogens is 735 g/mol. The Hall–Kier alpha value is -6.80. The summed E-state index contributed by atoms with van der Waals surface area (Å²) in [6, 6.07) is 65.5. The number of rotatable bonds is 2. The van der Waals surface area contributed by atoms with Gasteiger partial charge in [-0.25, -0.2) is 0 Å². The lowest BCUT2D eigenvalue weighted by atomic mass is 9.81. The molecule has 0 bridgehead atoms. The molecule has 2 heterocycles. The predicted octanol–water partition coefficient (Wildman–Crippen LogP) is 15.7. The van der Waals surface area contributed by atoms with Gasteiger partial charge in [0.1, 0.15) is 26.2 Å². The molecule has 12 rings (SSSR count). The van der Waals surface area contributed by atoms with Crippen LogP contribution in [0.3, 0.4) is 0 Å². The summed E-state index contributed by atoms with van der Waals surface area (Å²) in [5, 5.41) is 10.5. The molecule has 0 radical (unpaired) electrons. The van der Waals surface area contributed by atoms with Gasteiger partial charge in [0.25, 0.3) is 0 Å². The molecule has 2 aliphatic rings. The molecule has 0 amide bonds. The van der Waals surface area contributed by atoms with E-state index in [0.717, 1.165) is 30.7 Å². The standard InChI is InChI=1S/C60H48N/c1-37-25-38(2)28-47(27-37)53-31-43-15-7-11-19-51(43)59-55(53)35-61(36-56-54(48-29-39(3)26-40(4)30-48)32-44-16-8-12-20-52(44)60(56)59)33-45-23-21-41-13-5-9-17-49(41)57(45)58-46(34-61)24-22-42-14-6-10-18-50(42)58/h5-32H,33-36H2,1-4H3/q+1. The van der Waals surface area contributed by atoms with Crippen LogP contribution in [0.25, 0.3) is 87.6 Å². The molecule has 2 aliphatic heterocycles. The van der Waals surface area contributed by atoms with Gasteiger partial charge in [-0.05, 0) is 116 Å². The van der Waals surface area contributed by atoms with E-state index in [1.165, 1.54) is 132 Å². The molecule has 1 spiro atoms. The van der Waals surface area contributed by atoms with Crippen molar-refractivity contribution in [2.45, 2.75) is 53.9 Å². The molecule has 61 heavy (non-hydrogen) atoms. The smallest absolute Gasteiger partial charge is 0.106 e. The highest BCUT2D eigenvalue weighted by molar-refractivity contribution is 6.12. The van der Waals surface area contributed by atoms with Crippen LogP contribution in [-0.4, -0.2) is 4.48 Å². The summed E-state index contributed by atoms with van der Waals surface area (Å²) in [7, 11) is 0. The minimum atomic E-state index is 0.878. The van der Waals surface area contributed by atoms with E-state index < -0.39 is 0 Å². The van der Waals surface area contributed by atoms with E-state index >= 15 is 0 Å². The fourth-order valence-corrected chi connectivity index (χ4v) is 11.7. The third-order valence-electron chi connectivity index (χ3n) is 13.9. The van der Waals surface area contributed by atoms with E-state index in [1.54, 1.807) is 0 Å². The molecule has 0 aromatic heterocycles. The van der Waals surface area contributed by atoms with Crippen molar-refractivity contribution in [3.63, 3.8) is 0 Å². The third-order valence-corrected chi connectivity index (χ3v) is 13.9. The van der Waals surface area contributed by atoms with Crippen molar-refractivity contribution in [1.82, 2.24) is 0 Å². The number of benzene rings is 10. The van der Waals surface area contributed by atoms with Gasteiger partial charge in [-0.15, -0.1) is 0 Å². The van der Waals surface area contributed by atoms with Crippen molar-refractivity contribution in [2.24, 2.45) is 0 Å². The first-order valence-corrected chi connectivity index (χ1v) is 21.9. The Balaban J connectivity index is 1.26. The predicted molar refractivity (Wildman–Crippen MR) is 259 cm³/mol. The lowest BCUT2D eigenvalue weighted by Gasteiger charge is -2.39. The van der Waals surface area contributed by atoms with Crippen molar-refractivity contribution in [1.29, 1.82) is 0 Å². The Morgan fingerprint density at radius 2 is 0.656 bits per heavy atom. The van der Waals surface area contributed by atoms with Crippen LogP contribution in [-0.2, 0) is 26.2 Å². The van der Waals surface area contributed by atoms with Crippen molar-refractivity contribution in [3.8, 4) is 44.5 Å². The van der Waals surface area contributed by atoms with Crippen LogP contribution in [0.15, 0.2) is 170 Å². The molecular formula is C60H48N+. The summed E-state index contributed by atoms with van der Waals surface area (Å²) in [5.74, 6) is 0. The van der Waals surface area contributed by atoms with Gasteiger partial charge in [0.05, 0.1) is 0 Å². The number of quaternary nitrogens is 1. The first kappa shape index (κ1) is 36.1. The second-order valence-electron chi connectivity index (χ2n) is 18.4. The van der Waals surface area contributed by atoms with Crippen LogP contribution >= 0.6 is 0 Å². The van der Waals surface area contributed by atoms with Gasteiger partial charge >= 0.3 is 0 Å². The van der Waals surface area contributed by atoms with E-state index in [9.17, 15) is 0 Å². The van der Waals surface area contributed by atoms with E-state index in [2.05, 4.69) is 198 Å². The number of fused-ring (bicyclic) bond motifs is 14. The largest absolute Gasteiger partial charge is 0.309 e. The highest BCUT2D eigenvalue weighted by Gasteiger charge is 2.41. The average Bonchev–Trinajstić information content (AvgIpc) is 3.50. The Bertz CT molecular complexity index is 3200. The second-order valence-corrected chi connectivity index (χ2v) is 18.4. The average molecular weight is 783 g/mol. The fraction of sp³-hybridized carbons (Fsp3) is 0.133. The van der Waals surface area contributed by atoms with Gasteiger partial charge in [-0.1, -0.05) is 180 Å². The SMILES string of the molecule is Cc1cc(C)cc(-c2cc3ccccc3c3c2C[N+]2(Cc4ccc5ccccc5c4-c4c(ccc5ccccc45)C2)Cc2c(-c4cc(C)cc(C)c4)cc4ccccc4c2-3)c1. The quantitative estimate of drug-likeness (QED) is 0.153. The molecule has 0 aliphatic carbocycles. The van der Waals surface area contributed by atoms with Crippen molar-refractivity contribution < 1.29 is 4.48 Å². The molecule has 1 heteroatoms. The molecule has 10 aromatic rings. The summed E-state index contributed by atoms with van der Waals surface area (Å²) in [6.45, 7) is 12.6. The maximum atomic E-state index is 2.51. The molecule has 0 unspecified atom stereocenters. The normalized spacial score (nSPS) is 14.1. The summed E-state index contributed by atoms with van der Waals surface area (Å²) < 4.78 is 0.878. The highest BCUT2D eigenvalue weighted by atomic mass is 15.4. The second kappa shape index (κ2) is 13.6. The van der Waals surface area contributed by atoms with Crippen LogP contribution in [0.2, 0.25) is 0 Å². The maximum absolute atomic E-state index is 2.51. The monoisotopic (exact) mass is 782 g/mol. The molecule has 0 saturated heterocycles. The maximum Gasteiger partial charge on any atom is 0.106 e. The van der Waals surface area contributed by atoms with E-state index in [0.29, 0.717) is 0 Å². The van der Waals surface area contributed by atoms with Gasteiger partial charge in [-0.3, -0.25) is 0 Å². The molecule has 0 atom stereocenters. The Kier molecular flexibility index (Phi) is 8.05. The zero-order valence-electron chi connectivity index (χ0n) is 35.4. The van der Waals surface area contributed by atoms with Crippen LogP contribution in [0, 0.1) is 27.7 Å². The number of hydrogen-bond donors (Lipinski definition) is 0. The van der Waals surface area contributed by atoms with Crippen molar-refractivity contribution in [2.75, 3.05) is 0 Å². The molecule has 1 nitrogen and oxygen atoms in total. The van der Waals surface area contributed by atoms with Crippen LogP contribution < -0.4 is 0 Å². The highest BCUT2D eigenvalue weighted by Crippen LogP contribution is 2.53. The lowest BCUT2D eigenvalue weighted by molar-refractivity contribution is -0.977. The van der Waals surface area contributed by atoms with Crippen LogP contribution in [0.1, 0.15) is 44.5 Å². The zero-order valence-corrected chi connectivity index (χ0v) is 35.4. The van der Waals surface area contributed by atoms with E-state index in [4.69, 9.17) is 0 Å². The third kappa shape index (κ3) is 5.79. The number of aryl methyl sites for hydroxylation is 4. The van der Waals surface area contributed by atoms with Crippen molar-refractivity contribution >= 4 is 43.1 Å². The van der Waals surface area contributed by atoms with Crippen molar-refractivity contribution in [3.05, 3.63) is 214 Å². The van der Waals surface area contributed by atoms with Gasteiger partial charge in [-0.2, -0.15) is 0 Å². The van der Waals surface area contributed by atoms with Gasteiger partial charge in [0.2, 0.25) is 0 Å². The van der Waals surface area contributed by atoms with Gasteiger partial charge < -0.3 is 4.48 Å². The minimum absolute atomic E-state index is 0.878. The molecule has 10 aromatic carbocycles. The molecule has 0 fully saturated rings. The summed E-state index contributed by atoms with van der Waals surface area (Å²) in [6.07, 6.45) is 0. The van der Waals surface area contributed by atoms with Crippen LogP contribution in [0.4, 0.5) is 0 Å². The molecule has 0 saturated carbocycles. The topological polar surface area (TPSA) is 0 Å². The van der Waals surface area contributed by atoms with E-state index in [1.807, 2.05) is 0 Å². The Morgan fingerprint density at radius 3 is 1.05 bits per heavy atom. The first-order chi connectivity index (χ1) is 29.8. The lowest BCUT2D eigenvalue weighted by Crippen LogP contribution is -2.44. The first-order valence-electron chi connectivity index (χ1n) is 21.9. The summed E-state index contributed by atoms with van der Waals surface area (Å²) in [4.78, 5) is 0. The minimum Gasteiger partial charge on any atom is -0.309 e. The molecule has 292 valence electrons.